The highest BCUT2D eigenvalue weighted by atomic mass is 19.4. The molecule has 0 radical (unpaired) electrons. The Balaban J connectivity index is 1.65. The third kappa shape index (κ3) is 5.91. The highest BCUT2D eigenvalue weighted by Crippen LogP contribution is 2.47. The summed E-state index contributed by atoms with van der Waals surface area (Å²) >= 11 is 0. The molecule has 10 heteroatoms. The lowest BCUT2D eigenvalue weighted by atomic mass is 9.80. The molecule has 2 heterocycles. The van der Waals surface area contributed by atoms with Gasteiger partial charge in [-0.25, -0.2) is 9.37 Å². The van der Waals surface area contributed by atoms with E-state index in [1.54, 1.807) is 37.3 Å². The topological polar surface area (TPSA) is 96.0 Å². The van der Waals surface area contributed by atoms with Gasteiger partial charge < -0.3 is 9.73 Å². The lowest BCUT2D eigenvalue weighted by Crippen LogP contribution is -2.21. The summed E-state index contributed by atoms with van der Waals surface area (Å²) in [6.07, 6.45) is -4.25. The summed E-state index contributed by atoms with van der Waals surface area (Å²) in [4.78, 5) is 30.7. The number of nitrogens with one attached hydrogen (secondary N) is 1. The Labute approximate surface area is 239 Å². The number of amides is 1. The van der Waals surface area contributed by atoms with Crippen LogP contribution in [0.2, 0.25) is 0 Å². The van der Waals surface area contributed by atoms with E-state index in [0.717, 1.165) is 12.8 Å². The fourth-order valence-corrected chi connectivity index (χ4v) is 5.21. The average Bonchev–Trinajstić information content (AvgIpc) is 3.77. The van der Waals surface area contributed by atoms with Crippen LogP contribution in [0.1, 0.15) is 59.0 Å². The number of nitriles is 1. The molecule has 216 valence electrons. The molecule has 0 spiro atoms. The van der Waals surface area contributed by atoms with E-state index in [2.05, 4.69) is 16.4 Å². The van der Waals surface area contributed by atoms with E-state index in [1.807, 2.05) is 0 Å². The number of hydrogen-bond donors (Lipinski definition) is 1. The molecule has 2 aromatic carbocycles. The van der Waals surface area contributed by atoms with Crippen molar-refractivity contribution in [1.29, 1.82) is 5.26 Å². The van der Waals surface area contributed by atoms with E-state index in [1.165, 1.54) is 31.3 Å². The number of carbonyl (C=O) groups is 2. The molecule has 1 unspecified atom stereocenters. The van der Waals surface area contributed by atoms with Gasteiger partial charge in [-0.2, -0.15) is 18.4 Å². The standard InChI is InChI=1S/C32H27F4N3O3/c1-31(17-37,21-8-9-21)16-26(40)20-5-3-4-19(14-20)23-15-24-27(29(41)38-2)28(18-6-10-22(33)11-7-18)42-30(24)39-25(23)12-13-32(34,35)36/h3-7,10-11,14-15,21H,8-9,12-13,16H2,1-2H3,(H,38,41). The van der Waals surface area contributed by atoms with Crippen LogP contribution in [0, 0.1) is 28.5 Å². The molecule has 1 aliphatic carbocycles. The van der Waals surface area contributed by atoms with E-state index >= 15 is 0 Å². The van der Waals surface area contributed by atoms with Gasteiger partial charge in [0.1, 0.15) is 11.6 Å². The number of aryl methyl sites for hydroxylation is 1. The van der Waals surface area contributed by atoms with Crippen LogP contribution < -0.4 is 5.32 Å². The van der Waals surface area contributed by atoms with Crippen molar-refractivity contribution in [2.24, 2.45) is 11.3 Å². The fourth-order valence-electron chi connectivity index (χ4n) is 5.21. The Bertz CT molecular complexity index is 1720. The van der Waals surface area contributed by atoms with Crippen molar-refractivity contribution in [2.45, 2.75) is 45.2 Å². The smallest absolute Gasteiger partial charge is 0.389 e. The number of aromatic nitrogens is 1. The van der Waals surface area contributed by atoms with E-state index < -0.39 is 36.2 Å². The molecule has 1 N–H and O–H groups in total. The van der Waals surface area contributed by atoms with Crippen LogP contribution >= 0.6 is 0 Å². The normalized spacial score (nSPS) is 14.8. The van der Waals surface area contributed by atoms with Gasteiger partial charge >= 0.3 is 6.18 Å². The first-order chi connectivity index (χ1) is 19.9. The minimum Gasteiger partial charge on any atom is -0.437 e. The van der Waals surface area contributed by atoms with Gasteiger partial charge in [-0.3, -0.25) is 9.59 Å². The van der Waals surface area contributed by atoms with Crippen molar-refractivity contribution >= 4 is 22.8 Å². The van der Waals surface area contributed by atoms with Crippen molar-refractivity contribution in [2.75, 3.05) is 7.05 Å². The maximum Gasteiger partial charge on any atom is 0.389 e. The second-order valence-corrected chi connectivity index (χ2v) is 10.8. The number of Topliss-reactive ketones (excluding diaryl/α,β-unsaturated/α-hetero) is 1. The van der Waals surface area contributed by atoms with Gasteiger partial charge in [0.2, 0.25) is 5.71 Å². The zero-order valence-corrected chi connectivity index (χ0v) is 22.9. The predicted molar refractivity (Wildman–Crippen MR) is 148 cm³/mol. The van der Waals surface area contributed by atoms with E-state index in [0.29, 0.717) is 22.3 Å². The molecule has 1 saturated carbocycles. The number of benzene rings is 2. The predicted octanol–water partition coefficient (Wildman–Crippen LogP) is 7.67. The quantitative estimate of drug-likeness (QED) is 0.163. The molecular weight excluding hydrogens is 550 g/mol. The molecule has 2 aromatic heterocycles. The van der Waals surface area contributed by atoms with Gasteiger partial charge in [-0.15, -0.1) is 0 Å². The van der Waals surface area contributed by atoms with Crippen molar-refractivity contribution < 1.29 is 31.6 Å². The van der Waals surface area contributed by atoms with Gasteiger partial charge in [0.05, 0.1) is 28.1 Å². The Morgan fingerprint density at radius 3 is 2.43 bits per heavy atom. The summed E-state index contributed by atoms with van der Waals surface area (Å²) in [5, 5.41) is 12.5. The van der Waals surface area contributed by atoms with Crippen molar-refractivity contribution in [1.82, 2.24) is 10.3 Å². The SMILES string of the molecule is CNC(=O)c1c(-c2ccc(F)cc2)oc2nc(CCC(F)(F)F)c(-c3cccc(C(=O)CC(C)(C#N)C4CC4)c3)cc12. The molecule has 42 heavy (non-hydrogen) atoms. The maximum absolute atomic E-state index is 13.6. The van der Waals surface area contributed by atoms with Crippen LogP contribution in [0.4, 0.5) is 17.6 Å². The molecule has 4 aromatic rings. The number of nitrogens with zero attached hydrogens (tertiary/aromatic N) is 2. The molecule has 0 saturated heterocycles. The molecule has 0 aliphatic heterocycles. The van der Waals surface area contributed by atoms with Crippen molar-refractivity contribution in [3.05, 3.63) is 77.2 Å². The Morgan fingerprint density at radius 2 is 1.81 bits per heavy atom. The molecular formula is C32H27F4N3O3. The summed E-state index contributed by atoms with van der Waals surface area (Å²) in [5.74, 6) is -1.01. The summed E-state index contributed by atoms with van der Waals surface area (Å²) in [5.41, 5.74) is 0.783. The summed E-state index contributed by atoms with van der Waals surface area (Å²) in [7, 11) is 1.42. The molecule has 6 nitrogen and oxygen atoms in total. The summed E-state index contributed by atoms with van der Waals surface area (Å²) in [6.45, 7) is 1.78. The Kier molecular flexibility index (Phi) is 7.62. The van der Waals surface area contributed by atoms with Crippen LogP contribution in [-0.4, -0.2) is 29.9 Å². The van der Waals surface area contributed by atoms with Gasteiger partial charge in [-0.05, 0) is 74.1 Å². The van der Waals surface area contributed by atoms with Crippen LogP contribution in [0.15, 0.2) is 59.0 Å². The minimum absolute atomic E-state index is 0.0272. The van der Waals surface area contributed by atoms with Crippen molar-refractivity contribution in [3.8, 4) is 28.5 Å². The van der Waals surface area contributed by atoms with Crippen LogP contribution in [-0.2, 0) is 6.42 Å². The monoisotopic (exact) mass is 577 g/mol. The lowest BCUT2D eigenvalue weighted by molar-refractivity contribution is -0.134. The second-order valence-electron chi connectivity index (χ2n) is 10.8. The first kappa shape index (κ1) is 29.0. The third-order valence-corrected chi connectivity index (χ3v) is 7.72. The second kappa shape index (κ2) is 11.0. The summed E-state index contributed by atoms with van der Waals surface area (Å²) in [6, 6.07) is 15.5. The van der Waals surface area contributed by atoms with Crippen LogP contribution in [0.25, 0.3) is 33.6 Å². The van der Waals surface area contributed by atoms with E-state index in [4.69, 9.17) is 4.42 Å². The molecule has 1 atom stereocenters. The Morgan fingerprint density at radius 1 is 1.10 bits per heavy atom. The van der Waals surface area contributed by atoms with E-state index in [-0.39, 0.29) is 46.2 Å². The van der Waals surface area contributed by atoms with Crippen LogP contribution in [0.5, 0.6) is 0 Å². The van der Waals surface area contributed by atoms with Crippen molar-refractivity contribution in [3.63, 3.8) is 0 Å². The highest BCUT2D eigenvalue weighted by molar-refractivity contribution is 6.11. The lowest BCUT2D eigenvalue weighted by Gasteiger charge is -2.20. The first-order valence-corrected chi connectivity index (χ1v) is 13.5. The molecule has 1 aliphatic rings. The number of alkyl halides is 3. The fraction of sp³-hybridized carbons (Fsp3) is 0.312. The maximum atomic E-state index is 13.6. The molecule has 1 amide bonds. The number of pyridine rings is 1. The summed E-state index contributed by atoms with van der Waals surface area (Å²) < 4.78 is 59.4. The molecule has 5 rings (SSSR count). The highest BCUT2D eigenvalue weighted by Gasteiger charge is 2.43. The van der Waals surface area contributed by atoms with E-state index in [9.17, 15) is 32.4 Å². The Hall–Kier alpha value is -4.52. The number of fused-ring (bicyclic) bond motifs is 1. The number of carbonyl (C=O) groups excluding carboxylic acids is 2. The average molecular weight is 578 g/mol. The largest absolute Gasteiger partial charge is 0.437 e. The minimum atomic E-state index is -4.45. The number of ketones is 1. The van der Waals surface area contributed by atoms with Gasteiger partial charge in [0.15, 0.2) is 5.78 Å². The van der Waals surface area contributed by atoms with Gasteiger partial charge in [0, 0.05) is 36.6 Å². The van der Waals surface area contributed by atoms with Gasteiger partial charge in [-0.1, -0.05) is 18.2 Å². The number of hydrogen-bond acceptors (Lipinski definition) is 5. The zero-order valence-electron chi connectivity index (χ0n) is 22.9. The van der Waals surface area contributed by atoms with Gasteiger partial charge in [0.25, 0.3) is 5.91 Å². The first-order valence-electron chi connectivity index (χ1n) is 13.5. The molecule has 1 fully saturated rings. The number of rotatable bonds is 9. The van der Waals surface area contributed by atoms with Crippen LogP contribution in [0.3, 0.4) is 0 Å². The third-order valence-electron chi connectivity index (χ3n) is 7.72. The number of furan rings is 1. The number of halogens is 4. The zero-order chi connectivity index (χ0) is 30.2. The molecule has 0 bridgehead atoms.